The largest absolute Gasteiger partial charge is 0.396 e. The molecule has 24 heavy (non-hydrogen) atoms. The molecule has 2 aliphatic heterocycles. The molecule has 3 N–H and O–H groups in total. The van der Waals surface area contributed by atoms with Crippen molar-refractivity contribution in [2.45, 2.75) is 24.8 Å². The molecule has 0 spiro atoms. The molecule has 2 heterocycles. The number of fused-ring (bicyclic) bond motifs is 3. The van der Waals surface area contributed by atoms with Crippen LogP contribution in [0.15, 0.2) is 18.2 Å². The summed E-state index contributed by atoms with van der Waals surface area (Å²) in [6.07, 6.45) is 1.45. The molecular weight excluding hydrogens is 309 g/mol. The van der Waals surface area contributed by atoms with Crippen molar-refractivity contribution in [3.8, 4) is 0 Å². The van der Waals surface area contributed by atoms with Crippen LogP contribution in [0.2, 0.25) is 0 Å². The average Bonchev–Trinajstić information content (AvgIpc) is 2.59. The topological polar surface area (TPSA) is 69.8 Å². The van der Waals surface area contributed by atoms with Crippen molar-refractivity contribution in [3.05, 3.63) is 29.6 Å². The van der Waals surface area contributed by atoms with Crippen molar-refractivity contribution in [3.63, 3.8) is 0 Å². The van der Waals surface area contributed by atoms with E-state index in [-0.39, 0.29) is 42.1 Å². The Bertz CT molecular complexity index is 622. The molecule has 1 aromatic carbocycles. The number of nitrogens with zero attached hydrogens (tertiary/aromatic N) is 2. The van der Waals surface area contributed by atoms with Crippen LogP contribution in [0.1, 0.15) is 24.3 Å². The molecule has 4 atom stereocenters. The number of rotatable bonds is 3. The molecular formula is C18H26FN3O2. The van der Waals surface area contributed by atoms with Crippen molar-refractivity contribution >= 4 is 11.6 Å². The molecule has 1 amide bonds. The van der Waals surface area contributed by atoms with Crippen molar-refractivity contribution in [1.29, 1.82) is 0 Å². The van der Waals surface area contributed by atoms with Crippen molar-refractivity contribution < 1.29 is 14.3 Å². The third-order valence-electron chi connectivity index (χ3n) is 5.62. The van der Waals surface area contributed by atoms with E-state index in [1.807, 2.05) is 0 Å². The van der Waals surface area contributed by atoms with E-state index in [2.05, 4.69) is 4.90 Å². The lowest BCUT2D eigenvalue weighted by Gasteiger charge is -2.51. The van der Waals surface area contributed by atoms with E-state index in [1.165, 1.54) is 6.07 Å². The second-order valence-electron chi connectivity index (χ2n) is 7.11. The van der Waals surface area contributed by atoms with E-state index >= 15 is 0 Å². The molecule has 1 fully saturated rings. The number of aliphatic hydroxyl groups is 1. The van der Waals surface area contributed by atoms with Crippen LogP contribution < -0.4 is 10.6 Å². The summed E-state index contributed by atoms with van der Waals surface area (Å²) in [6, 6.07) is 4.81. The highest BCUT2D eigenvalue weighted by Gasteiger charge is 2.44. The predicted molar refractivity (Wildman–Crippen MR) is 91.3 cm³/mol. The second-order valence-corrected chi connectivity index (χ2v) is 7.11. The molecule has 132 valence electrons. The maximum atomic E-state index is 13.8. The van der Waals surface area contributed by atoms with E-state index in [0.29, 0.717) is 19.5 Å². The van der Waals surface area contributed by atoms with E-state index in [1.54, 1.807) is 31.1 Å². The fraction of sp³-hybridized carbons (Fsp3) is 0.611. The van der Waals surface area contributed by atoms with Gasteiger partial charge in [0.05, 0.1) is 6.61 Å². The monoisotopic (exact) mass is 335 g/mol. The zero-order chi connectivity index (χ0) is 17.4. The number of piperidine rings is 1. The second kappa shape index (κ2) is 6.69. The van der Waals surface area contributed by atoms with Crippen molar-refractivity contribution in [2.75, 3.05) is 38.7 Å². The number of amides is 1. The van der Waals surface area contributed by atoms with Gasteiger partial charge in [-0.2, -0.15) is 0 Å². The predicted octanol–water partition coefficient (Wildman–Crippen LogP) is 1.16. The minimum Gasteiger partial charge on any atom is -0.396 e. The normalized spacial score (nSPS) is 29.0. The minimum atomic E-state index is -0.276. The third kappa shape index (κ3) is 2.78. The maximum absolute atomic E-state index is 13.8. The highest BCUT2D eigenvalue weighted by Crippen LogP contribution is 2.46. The van der Waals surface area contributed by atoms with Gasteiger partial charge in [-0.25, -0.2) is 4.39 Å². The summed E-state index contributed by atoms with van der Waals surface area (Å²) < 4.78 is 13.8. The Labute approximate surface area is 142 Å². The van der Waals surface area contributed by atoms with Crippen molar-refractivity contribution in [2.24, 2.45) is 17.6 Å². The molecule has 1 saturated heterocycles. The first-order valence-corrected chi connectivity index (χ1v) is 8.56. The van der Waals surface area contributed by atoms with Gasteiger partial charge in [0, 0.05) is 50.1 Å². The molecule has 0 aromatic heterocycles. The fourth-order valence-electron chi connectivity index (χ4n) is 4.42. The summed E-state index contributed by atoms with van der Waals surface area (Å²) >= 11 is 0. The van der Waals surface area contributed by atoms with Crippen LogP contribution >= 0.6 is 0 Å². The van der Waals surface area contributed by atoms with Gasteiger partial charge in [0.15, 0.2) is 0 Å². The highest BCUT2D eigenvalue weighted by atomic mass is 19.1. The molecule has 6 heteroatoms. The molecule has 1 aromatic rings. The summed E-state index contributed by atoms with van der Waals surface area (Å²) in [5, 5.41) is 9.92. The number of anilines is 1. The Kier molecular flexibility index (Phi) is 4.78. The van der Waals surface area contributed by atoms with Gasteiger partial charge in [0.1, 0.15) is 5.82 Å². The zero-order valence-electron chi connectivity index (χ0n) is 14.3. The molecule has 0 aliphatic carbocycles. The maximum Gasteiger partial charge on any atom is 0.225 e. The molecule has 0 radical (unpaired) electrons. The quantitative estimate of drug-likeness (QED) is 0.870. The summed E-state index contributed by atoms with van der Waals surface area (Å²) in [6.45, 7) is 1.13. The van der Waals surface area contributed by atoms with E-state index in [9.17, 15) is 14.3 Å². The molecule has 5 nitrogen and oxygen atoms in total. The van der Waals surface area contributed by atoms with Crippen molar-refractivity contribution in [1.82, 2.24) is 4.90 Å². The molecule has 3 unspecified atom stereocenters. The Hall–Kier alpha value is -1.66. The van der Waals surface area contributed by atoms with Crippen LogP contribution in [0.4, 0.5) is 10.1 Å². The number of carbonyl (C=O) groups excluding carboxylic acids is 1. The summed E-state index contributed by atoms with van der Waals surface area (Å²) in [5.74, 6) is -0.228. The first-order chi connectivity index (χ1) is 11.5. The van der Waals surface area contributed by atoms with Gasteiger partial charge in [-0.05, 0) is 37.1 Å². The van der Waals surface area contributed by atoms with Gasteiger partial charge in [0.25, 0.3) is 0 Å². The van der Waals surface area contributed by atoms with Gasteiger partial charge >= 0.3 is 0 Å². The molecule has 0 saturated carbocycles. The number of benzene rings is 1. The van der Waals surface area contributed by atoms with E-state index < -0.39 is 0 Å². The SMILES string of the molecule is CN(C)C(=O)C1CCN2c3cc(F)ccc3C(CO)[C@H](CN)C2C1. The van der Waals surface area contributed by atoms with Crippen LogP contribution in [0.3, 0.4) is 0 Å². The lowest BCUT2D eigenvalue weighted by atomic mass is 9.71. The standard InChI is InChI=1S/C18H26FN3O2/c1-21(2)18(24)11-5-6-22-16(7-11)14(9-20)15(10-23)13-4-3-12(19)8-17(13)22/h3-4,8,11,14-16,23H,5-7,9-10,20H2,1-2H3/t11?,14-,15?,16?/m0/s1. The van der Waals surface area contributed by atoms with Gasteiger partial charge in [-0.3, -0.25) is 4.79 Å². The Morgan fingerprint density at radius 2 is 2.21 bits per heavy atom. The Balaban J connectivity index is 1.98. The number of halogens is 1. The van der Waals surface area contributed by atoms with Crippen LogP contribution in [-0.2, 0) is 4.79 Å². The number of hydrogen-bond donors (Lipinski definition) is 2. The van der Waals surface area contributed by atoms with Crippen LogP contribution in [0.25, 0.3) is 0 Å². The molecule has 3 rings (SSSR count). The van der Waals surface area contributed by atoms with Gasteiger partial charge in [0.2, 0.25) is 5.91 Å². The lowest BCUT2D eigenvalue weighted by molar-refractivity contribution is -0.134. The number of hydrogen-bond acceptors (Lipinski definition) is 4. The van der Waals surface area contributed by atoms with Gasteiger partial charge < -0.3 is 20.6 Å². The smallest absolute Gasteiger partial charge is 0.225 e. The summed E-state index contributed by atoms with van der Waals surface area (Å²) in [5.41, 5.74) is 7.85. The van der Waals surface area contributed by atoms with Crippen LogP contribution in [-0.4, -0.2) is 55.7 Å². The summed E-state index contributed by atoms with van der Waals surface area (Å²) in [7, 11) is 3.55. The van der Waals surface area contributed by atoms with E-state index in [4.69, 9.17) is 5.73 Å². The third-order valence-corrected chi connectivity index (χ3v) is 5.62. The van der Waals surface area contributed by atoms with E-state index in [0.717, 1.165) is 17.7 Å². The fourth-order valence-corrected chi connectivity index (χ4v) is 4.42. The van der Waals surface area contributed by atoms with Crippen LogP contribution in [0, 0.1) is 17.7 Å². The molecule has 2 aliphatic rings. The number of aliphatic hydroxyl groups excluding tert-OH is 1. The van der Waals surface area contributed by atoms with Gasteiger partial charge in [-0.15, -0.1) is 0 Å². The zero-order valence-corrected chi connectivity index (χ0v) is 14.3. The molecule has 0 bridgehead atoms. The first-order valence-electron chi connectivity index (χ1n) is 8.56. The average molecular weight is 335 g/mol. The van der Waals surface area contributed by atoms with Crippen LogP contribution in [0.5, 0.6) is 0 Å². The number of nitrogens with two attached hydrogens (primary N) is 1. The lowest BCUT2D eigenvalue weighted by Crippen LogP contribution is -2.55. The Morgan fingerprint density at radius 3 is 2.83 bits per heavy atom. The minimum absolute atomic E-state index is 0.0167. The number of carbonyl (C=O) groups is 1. The first kappa shape index (κ1) is 17.2. The highest BCUT2D eigenvalue weighted by molar-refractivity contribution is 5.79. The van der Waals surface area contributed by atoms with Gasteiger partial charge in [-0.1, -0.05) is 6.07 Å². The Morgan fingerprint density at radius 1 is 1.46 bits per heavy atom. The summed E-state index contributed by atoms with van der Waals surface area (Å²) in [4.78, 5) is 16.2.